The van der Waals surface area contributed by atoms with Crippen LogP contribution in [-0.2, 0) is 39.0 Å². The summed E-state index contributed by atoms with van der Waals surface area (Å²) in [5, 5.41) is 3.62. The van der Waals surface area contributed by atoms with Crippen molar-refractivity contribution in [1.82, 2.24) is 14.9 Å². The molecule has 0 saturated heterocycles. The van der Waals surface area contributed by atoms with Crippen LogP contribution in [0.5, 0.6) is 11.5 Å². The van der Waals surface area contributed by atoms with E-state index in [0.29, 0.717) is 41.5 Å². The Kier molecular flexibility index (Phi) is 11.8. The molecule has 0 bridgehead atoms. The number of aryl methyl sites for hydroxylation is 1. The molecule has 1 unspecified atom stereocenters. The molecule has 48 heavy (non-hydrogen) atoms. The van der Waals surface area contributed by atoms with Crippen molar-refractivity contribution in [2.24, 2.45) is 0 Å². The van der Waals surface area contributed by atoms with Crippen molar-refractivity contribution in [2.75, 3.05) is 20.8 Å². The molecule has 1 aliphatic carbocycles. The van der Waals surface area contributed by atoms with Gasteiger partial charge in [-0.15, -0.1) is 0 Å². The first kappa shape index (κ1) is 34.9. The molecule has 0 heterocycles. The van der Waals surface area contributed by atoms with E-state index in [2.05, 4.69) is 10.0 Å². The normalized spacial score (nSPS) is 13.4. The Morgan fingerprint density at radius 2 is 1.48 bits per heavy atom. The minimum atomic E-state index is -3.57. The Labute approximate surface area is 287 Å². The highest BCUT2D eigenvalue weighted by Gasteiger charge is 2.31. The number of methoxy groups -OCH3 is 2. The van der Waals surface area contributed by atoms with Crippen molar-refractivity contribution in [3.05, 3.63) is 124 Å². The number of carbonyl (C=O) groups excluding carboxylic acids is 2. The first-order valence-corrected chi connectivity index (χ1v) is 17.7. The standard InChI is InChI=1S/C37H40ClN3O6S/c1-46-33-20-12-27(24-34(33)47-2)22-23-39-37(43)36(29-6-4-3-5-7-29)41(25-28-8-14-30(38)15-9-28)35(42)21-13-26-10-18-32(19-11-26)48(44,45)40-31-16-17-31/h3-12,14-15,18-20,24,31,36,40H,13,16-17,21-23,25H2,1-2H3,(H,39,43). The number of carbonyl (C=O) groups is 2. The van der Waals surface area contributed by atoms with Gasteiger partial charge in [0.2, 0.25) is 21.8 Å². The monoisotopic (exact) mass is 689 g/mol. The molecule has 11 heteroatoms. The summed E-state index contributed by atoms with van der Waals surface area (Å²) in [7, 11) is -0.416. The number of hydrogen-bond acceptors (Lipinski definition) is 6. The molecule has 2 amide bonds. The fraction of sp³-hybridized carbons (Fsp3) is 0.297. The topological polar surface area (TPSA) is 114 Å². The summed E-state index contributed by atoms with van der Waals surface area (Å²) in [6, 6.07) is 27.8. The maximum atomic E-state index is 14.1. The van der Waals surface area contributed by atoms with Crippen molar-refractivity contribution in [1.29, 1.82) is 0 Å². The third-order valence-electron chi connectivity index (χ3n) is 8.18. The van der Waals surface area contributed by atoms with E-state index in [1.54, 1.807) is 55.5 Å². The number of amides is 2. The van der Waals surface area contributed by atoms with Gasteiger partial charge >= 0.3 is 0 Å². The van der Waals surface area contributed by atoms with Gasteiger partial charge in [0.1, 0.15) is 6.04 Å². The number of nitrogens with one attached hydrogen (secondary N) is 2. The average molecular weight is 690 g/mol. The highest BCUT2D eigenvalue weighted by Crippen LogP contribution is 2.29. The van der Waals surface area contributed by atoms with Crippen LogP contribution in [-0.4, -0.2) is 51.9 Å². The van der Waals surface area contributed by atoms with E-state index in [1.165, 1.54) is 0 Å². The summed E-state index contributed by atoms with van der Waals surface area (Å²) < 4.78 is 38.6. The largest absolute Gasteiger partial charge is 0.493 e. The van der Waals surface area contributed by atoms with Gasteiger partial charge < -0.3 is 19.7 Å². The summed E-state index contributed by atoms with van der Waals surface area (Å²) in [5.41, 5.74) is 3.28. The highest BCUT2D eigenvalue weighted by molar-refractivity contribution is 7.89. The lowest BCUT2D eigenvalue weighted by Gasteiger charge is -2.32. The zero-order valence-corrected chi connectivity index (χ0v) is 28.6. The predicted molar refractivity (Wildman–Crippen MR) is 186 cm³/mol. The van der Waals surface area contributed by atoms with Crippen LogP contribution in [0.15, 0.2) is 102 Å². The number of hydrogen-bond donors (Lipinski definition) is 2. The van der Waals surface area contributed by atoms with Crippen LogP contribution < -0.4 is 19.5 Å². The summed E-state index contributed by atoms with van der Waals surface area (Å²) in [5.74, 6) is 0.703. The van der Waals surface area contributed by atoms with E-state index in [4.69, 9.17) is 21.1 Å². The number of sulfonamides is 1. The minimum Gasteiger partial charge on any atom is -0.493 e. The zero-order valence-electron chi connectivity index (χ0n) is 27.0. The number of ether oxygens (including phenoxy) is 2. The van der Waals surface area contributed by atoms with E-state index in [-0.39, 0.29) is 35.7 Å². The van der Waals surface area contributed by atoms with Gasteiger partial charge in [-0.2, -0.15) is 0 Å². The van der Waals surface area contributed by atoms with Crippen molar-refractivity contribution >= 4 is 33.4 Å². The molecule has 1 saturated carbocycles. The second-order valence-corrected chi connectivity index (χ2v) is 13.9. The van der Waals surface area contributed by atoms with Gasteiger partial charge in [-0.1, -0.05) is 72.3 Å². The zero-order chi connectivity index (χ0) is 34.1. The quantitative estimate of drug-likeness (QED) is 0.152. The molecular weight excluding hydrogens is 650 g/mol. The molecule has 0 aliphatic heterocycles. The SMILES string of the molecule is COc1ccc(CCNC(=O)C(c2ccccc2)N(Cc2ccc(Cl)cc2)C(=O)CCc2ccc(S(=O)(=O)NC3CC3)cc2)cc1OC. The molecular formula is C37H40ClN3O6S. The molecule has 1 aliphatic rings. The van der Waals surface area contributed by atoms with Gasteiger partial charge in [0, 0.05) is 30.6 Å². The van der Waals surface area contributed by atoms with Gasteiger partial charge in [-0.3, -0.25) is 9.59 Å². The van der Waals surface area contributed by atoms with Gasteiger partial charge in [0.25, 0.3) is 0 Å². The second-order valence-electron chi connectivity index (χ2n) is 11.7. The van der Waals surface area contributed by atoms with Crippen LogP contribution >= 0.6 is 11.6 Å². The van der Waals surface area contributed by atoms with Gasteiger partial charge in [0.05, 0.1) is 19.1 Å². The lowest BCUT2D eigenvalue weighted by molar-refractivity contribution is -0.141. The van der Waals surface area contributed by atoms with Crippen LogP contribution in [0.3, 0.4) is 0 Å². The Morgan fingerprint density at radius 3 is 2.12 bits per heavy atom. The smallest absolute Gasteiger partial charge is 0.247 e. The van der Waals surface area contributed by atoms with E-state index >= 15 is 0 Å². The molecule has 252 valence electrons. The third-order valence-corrected chi connectivity index (χ3v) is 9.97. The summed E-state index contributed by atoms with van der Waals surface area (Å²) in [4.78, 5) is 29.9. The van der Waals surface area contributed by atoms with E-state index < -0.39 is 16.1 Å². The van der Waals surface area contributed by atoms with E-state index in [9.17, 15) is 18.0 Å². The molecule has 4 aromatic carbocycles. The average Bonchev–Trinajstić information content (AvgIpc) is 3.91. The molecule has 0 radical (unpaired) electrons. The Morgan fingerprint density at radius 1 is 0.833 bits per heavy atom. The first-order valence-electron chi connectivity index (χ1n) is 15.9. The minimum absolute atomic E-state index is 0.0136. The predicted octanol–water partition coefficient (Wildman–Crippen LogP) is 5.86. The fourth-order valence-electron chi connectivity index (χ4n) is 5.40. The Hall–Kier alpha value is -4.38. The van der Waals surface area contributed by atoms with Crippen LogP contribution in [0.2, 0.25) is 5.02 Å². The lowest BCUT2D eigenvalue weighted by atomic mass is 10.0. The molecule has 5 rings (SSSR count). The first-order chi connectivity index (χ1) is 23.2. The maximum Gasteiger partial charge on any atom is 0.247 e. The summed E-state index contributed by atoms with van der Waals surface area (Å²) in [6.07, 6.45) is 2.73. The van der Waals surface area contributed by atoms with Crippen molar-refractivity contribution in [3.63, 3.8) is 0 Å². The van der Waals surface area contributed by atoms with Crippen LogP contribution in [0.25, 0.3) is 0 Å². The number of benzene rings is 4. The summed E-state index contributed by atoms with van der Waals surface area (Å²) >= 11 is 6.15. The van der Waals surface area contributed by atoms with Gasteiger partial charge in [-0.05, 0) is 84.3 Å². The fourth-order valence-corrected chi connectivity index (χ4v) is 6.83. The van der Waals surface area contributed by atoms with Crippen LogP contribution in [0.1, 0.15) is 47.6 Å². The molecule has 0 spiro atoms. The van der Waals surface area contributed by atoms with E-state index in [1.807, 2.05) is 60.7 Å². The van der Waals surface area contributed by atoms with E-state index in [0.717, 1.165) is 29.5 Å². The lowest BCUT2D eigenvalue weighted by Crippen LogP contribution is -2.44. The molecule has 2 N–H and O–H groups in total. The Balaban J connectivity index is 1.34. The molecule has 4 aromatic rings. The van der Waals surface area contributed by atoms with Crippen molar-refractivity contribution in [2.45, 2.75) is 55.6 Å². The molecule has 0 aromatic heterocycles. The number of halogens is 1. The molecule has 9 nitrogen and oxygen atoms in total. The number of rotatable bonds is 16. The summed E-state index contributed by atoms with van der Waals surface area (Å²) in [6.45, 7) is 0.522. The van der Waals surface area contributed by atoms with Crippen molar-refractivity contribution in [3.8, 4) is 11.5 Å². The molecule has 1 fully saturated rings. The van der Waals surface area contributed by atoms with Crippen LogP contribution in [0.4, 0.5) is 0 Å². The second kappa shape index (κ2) is 16.1. The molecule has 1 atom stereocenters. The van der Waals surface area contributed by atoms with Gasteiger partial charge in [0.15, 0.2) is 11.5 Å². The maximum absolute atomic E-state index is 14.1. The van der Waals surface area contributed by atoms with Crippen molar-refractivity contribution < 1.29 is 27.5 Å². The van der Waals surface area contributed by atoms with Gasteiger partial charge in [-0.25, -0.2) is 13.1 Å². The van der Waals surface area contributed by atoms with Crippen LogP contribution in [0, 0.1) is 0 Å². The third kappa shape index (κ3) is 9.37. The highest BCUT2D eigenvalue weighted by atomic mass is 35.5. The number of nitrogens with zero attached hydrogens (tertiary/aromatic N) is 1. The Bertz CT molecular complexity index is 1800.